The summed E-state index contributed by atoms with van der Waals surface area (Å²) >= 11 is -3.00. The van der Waals surface area contributed by atoms with Gasteiger partial charge in [0, 0.05) is 0 Å². The zero-order valence-corrected chi connectivity index (χ0v) is 21.0. The molecule has 1 nitrogen and oxygen atoms in total. The summed E-state index contributed by atoms with van der Waals surface area (Å²) < 4.78 is 11.6. The van der Waals surface area contributed by atoms with E-state index < -0.39 is 16.5 Å². The van der Waals surface area contributed by atoms with Crippen molar-refractivity contribution in [2.75, 3.05) is 0 Å². The summed E-state index contributed by atoms with van der Waals surface area (Å²) in [4.78, 5) is 0. The van der Waals surface area contributed by atoms with E-state index in [2.05, 4.69) is 96.2 Å². The number of benzene rings is 1. The Bertz CT molecular complexity index is 858. The molecule has 0 saturated heterocycles. The van der Waals surface area contributed by atoms with E-state index in [9.17, 15) is 0 Å². The second-order valence-electron chi connectivity index (χ2n) is 8.72. The Morgan fingerprint density at radius 3 is 1.82 bits per heavy atom. The second kappa shape index (κ2) is 9.76. The van der Waals surface area contributed by atoms with Crippen molar-refractivity contribution in [2.24, 2.45) is 0 Å². The van der Waals surface area contributed by atoms with Crippen molar-refractivity contribution in [3.8, 4) is 5.75 Å². The summed E-state index contributed by atoms with van der Waals surface area (Å²) in [6.07, 6.45) is 15.6. The van der Waals surface area contributed by atoms with Gasteiger partial charge in [0.05, 0.1) is 0 Å². The fourth-order valence-electron chi connectivity index (χ4n) is 3.91. The summed E-state index contributed by atoms with van der Waals surface area (Å²) in [6.45, 7) is 13.5. The van der Waals surface area contributed by atoms with Gasteiger partial charge in [0.1, 0.15) is 0 Å². The molecule has 0 radical (unpaired) electrons. The van der Waals surface area contributed by atoms with Gasteiger partial charge in [0.2, 0.25) is 0 Å². The van der Waals surface area contributed by atoms with Crippen LogP contribution in [-0.2, 0) is 21.9 Å². The van der Waals surface area contributed by atoms with Crippen molar-refractivity contribution in [3.63, 3.8) is 0 Å². The molecule has 2 aliphatic rings. The second-order valence-corrected chi connectivity index (χ2v) is 14.7. The molecular formula is C24H33Cl2OTi. The van der Waals surface area contributed by atoms with E-state index in [-0.39, 0.29) is 30.2 Å². The summed E-state index contributed by atoms with van der Waals surface area (Å²) in [5.74, 6) is 1.04. The third-order valence-corrected chi connectivity index (χ3v) is 12.4. The van der Waals surface area contributed by atoms with Crippen molar-refractivity contribution >= 4 is 28.6 Å². The fraction of sp³-hybridized carbons (Fsp3) is 0.375. The van der Waals surface area contributed by atoms with Crippen LogP contribution in [0.2, 0.25) is 0 Å². The first-order chi connectivity index (χ1) is 12.2. The van der Waals surface area contributed by atoms with Gasteiger partial charge in [-0.3, -0.25) is 0 Å². The Labute approximate surface area is 186 Å². The van der Waals surface area contributed by atoms with E-state index in [0.717, 1.165) is 18.6 Å². The van der Waals surface area contributed by atoms with E-state index in [4.69, 9.17) is 3.32 Å². The summed E-state index contributed by atoms with van der Waals surface area (Å²) in [7, 11) is 0. The van der Waals surface area contributed by atoms with Gasteiger partial charge in [-0.25, -0.2) is 0 Å². The van der Waals surface area contributed by atoms with Crippen molar-refractivity contribution in [3.05, 3.63) is 73.5 Å². The molecule has 1 aromatic carbocycles. The predicted molar refractivity (Wildman–Crippen MR) is 125 cm³/mol. The van der Waals surface area contributed by atoms with Gasteiger partial charge in [-0.2, -0.15) is 0 Å². The molecule has 0 amide bonds. The fourth-order valence-corrected chi connectivity index (χ4v) is 10.3. The summed E-state index contributed by atoms with van der Waals surface area (Å²) in [5.41, 5.74) is 2.73. The molecule has 153 valence electrons. The zero-order valence-electron chi connectivity index (χ0n) is 17.8. The minimum atomic E-state index is -3.00. The molecule has 0 spiro atoms. The van der Waals surface area contributed by atoms with Crippen molar-refractivity contribution in [2.45, 2.75) is 59.8 Å². The van der Waals surface area contributed by atoms with Crippen molar-refractivity contribution < 1.29 is 19.8 Å². The first kappa shape index (κ1) is 25.2. The van der Waals surface area contributed by atoms with Crippen LogP contribution in [0.5, 0.6) is 5.75 Å². The Morgan fingerprint density at radius 2 is 1.43 bits per heavy atom. The smallest absolute Gasteiger partial charge is 0.147 e. The molecule has 0 bridgehead atoms. The number of allylic oxidation sites excluding steroid dienone is 8. The topological polar surface area (TPSA) is 9.23 Å². The Balaban J connectivity index is 0.00000196. The minimum Gasteiger partial charge on any atom is -0.147 e. The van der Waals surface area contributed by atoms with E-state index >= 15 is 0 Å². The van der Waals surface area contributed by atoms with Crippen molar-refractivity contribution in [1.82, 2.24) is 0 Å². The molecule has 0 atom stereocenters. The van der Waals surface area contributed by atoms with Gasteiger partial charge in [-0.05, 0) is 0 Å². The largest absolute Gasteiger partial charge is 0.147 e. The van der Waals surface area contributed by atoms with Crippen LogP contribution in [0.3, 0.4) is 0 Å². The van der Waals surface area contributed by atoms with Crippen LogP contribution in [-0.4, -0.2) is 3.81 Å². The number of hydrogen-bond donors (Lipinski definition) is 0. The monoisotopic (exact) mass is 455 g/mol. The summed E-state index contributed by atoms with van der Waals surface area (Å²) in [5, 5.41) is 0. The standard InChI is InChI=1S/C11H16O.2C5H5.C3H6.2ClH.Ti/c1-8-5-9(11(2,3)4)7-10(12)6-8;2*1-2-4-5-3-1;1-3-2;;;/h5-7,12H,1-4H3;2*1-3H,4H2;1-2H3;2*1H;/q;;;;;;+1/p-1. The van der Waals surface area contributed by atoms with E-state index in [0.29, 0.717) is 0 Å². The molecule has 0 unspecified atom stereocenters. The van der Waals surface area contributed by atoms with Crippen molar-refractivity contribution in [1.29, 1.82) is 0 Å². The average molecular weight is 456 g/mol. The van der Waals surface area contributed by atoms with Crippen LogP contribution >= 0.6 is 24.8 Å². The van der Waals surface area contributed by atoms with Gasteiger partial charge in [-0.15, -0.1) is 24.8 Å². The number of hydrogen-bond acceptors (Lipinski definition) is 1. The third kappa shape index (κ3) is 5.00. The van der Waals surface area contributed by atoms with E-state index in [1.54, 1.807) is 0 Å². The molecule has 28 heavy (non-hydrogen) atoms. The molecule has 0 heterocycles. The van der Waals surface area contributed by atoms with Crippen LogP contribution in [0.25, 0.3) is 0 Å². The average Bonchev–Trinajstić information content (AvgIpc) is 3.25. The molecule has 0 fully saturated rings. The normalized spacial score (nSPS) is 15.5. The first-order valence-corrected chi connectivity index (χ1v) is 12.6. The van der Waals surface area contributed by atoms with Gasteiger partial charge in [-0.1, -0.05) is 0 Å². The van der Waals surface area contributed by atoms with Gasteiger partial charge < -0.3 is 0 Å². The molecule has 2 aliphatic carbocycles. The number of halogens is 2. The third-order valence-electron chi connectivity index (χ3n) is 5.34. The molecule has 4 heteroatoms. The number of aryl methyl sites for hydroxylation is 1. The Kier molecular flexibility index (Phi) is 8.78. The maximum Gasteiger partial charge on any atom is -0.147 e. The van der Waals surface area contributed by atoms with Crippen LogP contribution < -0.4 is 3.32 Å². The molecule has 0 aliphatic heterocycles. The molecule has 0 aromatic heterocycles. The van der Waals surface area contributed by atoms with Crippen LogP contribution in [0.4, 0.5) is 0 Å². The molecule has 0 saturated carbocycles. The van der Waals surface area contributed by atoms with E-state index in [1.807, 2.05) is 0 Å². The number of rotatable bonds is 4. The van der Waals surface area contributed by atoms with Gasteiger partial charge in [0.15, 0.2) is 0 Å². The zero-order chi connectivity index (χ0) is 18.9. The predicted octanol–water partition coefficient (Wildman–Crippen LogP) is 7.48. The quantitative estimate of drug-likeness (QED) is 0.427. The SMILES string of the molecule is C[C](C)=[Ti]([O]c1cc(C)cc(C(C)(C)C)c1)([C]1=CC=CC1)[C]1=CC=CC1.Cl.Cl. The first-order valence-electron chi connectivity index (χ1n) is 9.57. The molecular weight excluding hydrogens is 423 g/mol. The van der Waals surface area contributed by atoms with Crippen LogP contribution in [0.1, 0.15) is 58.6 Å². The molecule has 0 N–H and O–H groups in total. The van der Waals surface area contributed by atoms with Gasteiger partial charge >= 0.3 is 163 Å². The summed E-state index contributed by atoms with van der Waals surface area (Å²) in [6, 6.07) is 6.77. The van der Waals surface area contributed by atoms with Crippen LogP contribution in [0, 0.1) is 6.92 Å². The maximum absolute atomic E-state index is 7.08. The van der Waals surface area contributed by atoms with Gasteiger partial charge in [0.25, 0.3) is 0 Å². The molecule has 3 rings (SSSR count). The minimum absolute atomic E-state index is 0. The maximum atomic E-state index is 7.08. The van der Waals surface area contributed by atoms with Crippen LogP contribution in [0.15, 0.2) is 62.4 Å². The van der Waals surface area contributed by atoms with E-state index in [1.165, 1.54) is 22.7 Å². The Hall–Kier alpha value is -0.856. The Morgan fingerprint density at radius 1 is 0.893 bits per heavy atom. The molecule has 1 aromatic rings.